The SMILES string of the molecule is CCCCc1cc(C)c(O)c(Sc2cc(CCCC)cc(C)c2O)c1. The van der Waals surface area contributed by atoms with Gasteiger partial charge in [0.1, 0.15) is 11.5 Å². The molecule has 0 radical (unpaired) electrons. The van der Waals surface area contributed by atoms with Crippen molar-refractivity contribution in [3.8, 4) is 11.5 Å². The van der Waals surface area contributed by atoms with Crippen molar-refractivity contribution in [2.45, 2.75) is 76.0 Å². The maximum atomic E-state index is 10.5. The number of hydrogen-bond acceptors (Lipinski definition) is 3. The van der Waals surface area contributed by atoms with Crippen LogP contribution in [0.25, 0.3) is 0 Å². The Morgan fingerprint density at radius 3 is 1.48 bits per heavy atom. The zero-order valence-electron chi connectivity index (χ0n) is 15.9. The first-order chi connectivity index (χ1) is 12.0. The maximum Gasteiger partial charge on any atom is 0.132 e. The van der Waals surface area contributed by atoms with E-state index < -0.39 is 0 Å². The van der Waals surface area contributed by atoms with Crippen LogP contribution in [0.1, 0.15) is 61.8 Å². The van der Waals surface area contributed by atoms with Crippen molar-refractivity contribution in [3.63, 3.8) is 0 Å². The third-order valence-electron chi connectivity index (χ3n) is 4.51. The molecule has 2 rings (SSSR count). The van der Waals surface area contributed by atoms with Gasteiger partial charge in [0.15, 0.2) is 0 Å². The largest absolute Gasteiger partial charge is 0.506 e. The molecular formula is C22H30O2S. The highest BCUT2D eigenvalue weighted by Gasteiger charge is 2.13. The van der Waals surface area contributed by atoms with E-state index in [0.29, 0.717) is 11.5 Å². The summed E-state index contributed by atoms with van der Waals surface area (Å²) in [6.45, 7) is 8.26. The van der Waals surface area contributed by atoms with Gasteiger partial charge in [0.2, 0.25) is 0 Å². The minimum absolute atomic E-state index is 0.321. The van der Waals surface area contributed by atoms with Gasteiger partial charge in [-0.25, -0.2) is 0 Å². The monoisotopic (exact) mass is 358 g/mol. The average molecular weight is 359 g/mol. The van der Waals surface area contributed by atoms with E-state index in [9.17, 15) is 10.2 Å². The lowest BCUT2D eigenvalue weighted by atomic mass is 10.1. The van der Waals surface area contributed by atoms with Gasteiger partial charge in [0, 0.05) is 0 Å². The number of aromatic hydroxyl groups is 2. The molecule has 2 aromatic carbocycles. The predicted octanol–water partition coefficient (Wildman–Crippen LogP) is 6.55. The lowest BCUT2D eigenvalue weighted by molar-refractivity contribution is 0.455. The Morgan fingerprint density at radius 1 is 0.720 bits per heavy atom. The standard InChI is InChI=1S/C22H30O2S/c1-5-7-9-17-11-15(3)21(23)19(13-17)25-20-14-18(10-8-6-2)12-16(4)22(20)24/h11-14,23-24H,5-10H2,1-4H3. The Kier molecular flexibility index (Phi) is 7.24. The quantitative estimate of drug-likeness (QED) is 0.562. The fourth-order valence-electron chi connectivity index (χ4n) is 2.96. The third kappa shape index (κ3) is 5.18. The van der Waals surface area contributed by atoms with Crippen molar-refractivity contribution in [2.75, 3.05) is 0 Å². The van der Waals surface area contributed by atoms with E-state index >= 15 is 0 Å². The molecule has 2 nitrogen and oxygen atoms in total. The first kappa shape index (κ1) is 19.7. The van der Waals surface area contributed by atoms with E-state index in [4.69, 9.17) is 0 Å². The third-order valence-corrected chi connectivity index (χ3v) is 5.57. The van der Waals surface area contributed by atoms with E-state index in [1.165, 1.54) is 22.9 Å². The summed E-state index contributed by atoms with van der Waals surface area (Å²) in [7, 11) is 0. The van der Waals surface area contributed by atoms with Crippen molar-refractivity contribution in [3.05, 3.63) is 46.5 Å². The van der Waals surface area contributed by atoms with E-state index in [1.807, 2.05) is 13.8 Å². The molecule has 0 amide bonds. The van der Waals surface area contributed by atoms with Gasteiger partial charge < -0.3 is 10.2 Å². The summed E-state index contributed by atoms with van der Waals surface area (Å²) in [5.41, 5.74) is 4.29. The van der Waals surface area contributed by atoms with E-state index in [-0.39, 0.29) is 0 Å². The molecule has 0 fully saturated rings. The summed E-state index contributed by atoms with van der Waals surface area (Å²) in [4.78, 5) is 1.65. The van der Waals surface area contributed by atoms with Crippen LogP contribution >= 0.6 is 11.8 Å². The van der Waals surface area contributed by atoms with Crippen LogP contribution in [0.3, 0.4) is 0 Å². The van der Waals surface area contributed by atoms with Crippen LogP contribution in [0.2, 0.25) is 0 Å². The van der Waals surface area contributed by atoms with Crippen LogP contribution in [0.5, 0.6) is 11.5 Å². The number of rotatable bonds is 8. The van der Waals surface area contributed by atoms with Crippen LogP contribution < -0.4 is 0 Å². The van der Waals surface area contributed by atoms with Crippen LogP contribution in [0, 0.1) is 13.8 Å². The second kappa shape index (κ2) is 9.19. The molecule has 2 aromatic rings. The number of hydrogen-bond donors (Lipinski definition) is 2. The Morgan fingerprint density at radius 2 is 1.12 bits per heavy atom. The van der Waals surface area contributed by atoms with Crippen molar-refractivity contribution in [1.82, 2.24) is 0 Å². The summed E-state index contributed by atoms with van der Waals surface area (Å²) in [6.07, 6.45) is 6.64. The Labute approximate surface area is 156 Å². The lowest BCUT2D eigenvalue weighted by Gasteiger charge is -2.14. The Hall–Kier alpha value is -1.61. The molecule has 136 valence electrons. The lowest BCUT2D eigenvalue weighted by Crippen LogP contribution is -1.91. The summed E-state index contributed by atoms with van der Waals surface area (Å²) >= 11 is 1.46. The second-order valence-corrected chi connectivity index (χ2v) is 7.91. The summed E-state index contributed by atoms with van der Waals surface area (Å²) in [5, 5.41) is 21.0. The first-order valence-corrected chi connectivity index (χ1v) is 10.1. The molecule has 0 heterocycles. The zero-order chi connectivity index (χ0) is 18.4. The number of phenols is 2. The maximum absolute atomic E-state index is 10.5. The summed E-state index contributed by atoms with van der Waals surface area (Å²) in [6, 6.07) is 8.27. The molecule has 0 saturated carbocycles. The van der Waals surface area contributed by atoms with Crippen LogP contribution in [0.15, 0.2) is 34.1 Å². The normalized spacial score (nSPS) is 11.0. The van der Waals surface area contributed by atoms with Gasteiger partial charge in [-0.05, 0) is 73.9 Å². The minimum atomic E-state index is 0.321. The highest BCUT2D eigenvalue weighted by Crippen LogP contribution is 2.42. The van der Waals surface area contributed by atoms with Gasteiger partial charge >= 0.3 is 0 Å². The molecule has 0 aromatic heterocycles. The number of benzene rings is 2. The highest BCUT2D eigenvalue weighted by atomic mass is 32.2. The molecule has 0 unspecified atom stereocenters. The molecule has 25 heavy (non-hydrogen) atoms. The molecule has 0 aliphatic heterocycles. The Bertz CT molecular complexity index is 661. The predicted molar refractivity (Wildman–Crippen MR) is 107 cm³/mol. The summed E-state index contributed by atoms with van der Waals surface area (Å²) < 4.78 is 0. The summed E-state index contributed by atoms with van der Waals surface area (Å²) in [5.74, 6) is 0.641. The number of unbranched alkanes of at least 4 members (excludes halogenated alkanes) is 2. The van der Waals surface area contributed by atoms with Gasteiger partial charge in [0.05, 0.1) is 9.79 Å². The Balaban J connectivity index is 2.34. The number of phenolic OH excluding ortho intramolecular Hbond substituents is 2. The molecule has 3 heteroatoms. The average Bonchev–Trinajstić information content (AvgIpc) is 2.59. The van der Waals surface area contributed by atoms with Crippen LogP contribution in [0.4, 0.5) is 0 Å². The van der Waals surface area contributed by atoms with E-state index in [0.717, 1.165) is 59.4 Å². The smallest absolute Gasteiger partial charge is 0.132 e. The van der Waals surface area contributed by atoms with Crippen LogP contribution in [-0.2, 0) is 12.8 Å². The minimum Gasteiger partial charge on any atom is -0.506 e. The van der Waals surface area contributed by atoms with Crippen molar-refractivity contribution in [1.29, 1.82) is 0 Å². The molecule has 0 aliphatic carbocycles. The van der Waals surface area contributed by atoms with Crippen molar-refractivity contribution < 1.29 is 10.2 Å². The molecule has 0 bridgehead atoms. The molecular weight excluding hydrogens is 328 g/mol. The fourth-order valence-corrected chi connectivity index (χ4v) is 4.14. The van der Waals surface area contributed by atoms with Crippen molar-refractivity contribution >= 4 is 11.8 Å². The van der Waals surface area contributed by atoms with Gasteiger partial charge in [-0.15, -0.1) is 0 Å². The molecule has 0 spiro atoms. The zero-order valence-corrected chi connectivity index (χ0v) is 16.7. The molecule has 0 atom stereocenters. The fraction of sp³-hybridized carbons (Fsp3) is 0.455. The van der Waals surface area contributed by atoms with Gasteiger partial charge in [-0.1, -0.05) is 50.6 Å². The van der Waals surface area contributed by atoms with Crippen molar-refractivity contribution in [2.24, 2.45) is 0 Å². The van der Waals surface area contributed by atoms with E-state index in [2.05, 4.69) is 38.1 Å². The van der Waals surface area contributed by atoms with Crippen LogP contribution in [-0.4, -0.2) is 10.2 Å². The van der Waals surface area contributed by atoms with Gasteiger partial charge in [0.25, 0.3) is 0 Å². The second-order valence-electron chi connectivity index (χ2n) is 6.83. The molecule has 2 N–H and O–H groups in total. The molecule has 0 aliphatic rings. The van der Waals surface area contributed by atoms with Gasteiger partial charge in [-0.2, -0.15) is 0 Å². The highest BCUT2D eigenvalue weighted by molar-refractivity contribution is 7.99. The first-order valence-electron chi connectivity index (χ1n) is 9.29. The van der Waals surface area contributed by atoms with Gasteiger partial charge in [-0.3, -0.25) is 0 Å². The number of aryl methyl sites for hydroxylation is 4. The topological polar surface area (TPSA) is 40.5 Å². The van der Waals surface area contributed by atoms with E-state index in [1.54, 1.807) is 0 Å². The molecule has 0 saturated heterocycles.